The Morgan fingerprint density at radius 2 is 1.81 bits per heavy atom. The first kappa shape index (κ1) is 21.5. The average Bonchev–Trinajstić information content (AvgIpc) is 2.94. The summed E-state index contributed by atoms with van der Waals surface area (Å²) in [6.07, 6.45) is 4.99. The van der Waals surface area contributed by atoms with Crippen LogP contribution in [0.15, 0.2) is 48.7 Å². The largest absolute Gasteiger partial charge is 0.331 e. The second kappa shape index (κ2) is 9.40. The molecule has 7 heteroatoms. The molecule has 2 saturated heterocycles. The van der Waals surface area contributed by atoms with E-state index in [1.165, 1.54) is 0 Å². The molecule has 2 aliphatic rings. The summed E-state index contributed by atoms with van der Waals surface area (Å²) in [5.74, 6) is 0.959. The van der Waals surface area contributed by atoms with Crippen LogP contribution in [0.25, 0.3) is 0 Å². The molecule has 1 aromatic carbocycles. The van der Waals surface area contributed by atoms with E-state index in [1.807, 2.05) is 54.4 Å². The van der Waals surface area contributed by atoms with Gasteiger partial charge < -0.3 is 15.1 Å². The highest BCUT2D eigenvalue weighted by atomic mass is 35.5. The van der Waals surface area contributed by atoms with Gasteiger partial charge in [-0.3, -0.25) is 4.79 Å². The molecule has 2 aromatic rings. The van der Waals surface area contributed by atoms with Crippen molar-refractivity contribution in [2.24, 2.45) is 0 Å². The van der Waals surface area contributed by atoms with Crippen molar-refractivity contribution in [2.75, 3.05) is 25.0 Å². The van der Waals surface area contributed by atoms with Gasteiger partial charge in [0.15, 0.2) is 0 Å². The summed E-state index contributed by atoms with van der Waals surface area (Å²) in [6, 6.07) is 14.6. The molecule has 4 rings (SSSR count). The molecule has 2 aliphatic heterocycles. The van der Waals surface area contributed by atoms with Gasteiger partial charge in [-0.05, 0) is 50.1 Å². The predicted molar refractivity (Wildman–Crippen MR) is 114 cm³/mol. The van der Waals surface area contributed by atoms with Gasteiger partial charge in [0.05, 0.1) is 5.56 Å². The number of hydrogen-bond donors (Lipinski definition) is 1. The highest BCUT2D eigenvalue weighted by Gasteiger charge is 2.38. The van der Waals surface area contributed by atoms with Crippen molar-refractivity contribution in [3.63, 3.8) is 0 Å². The number of nitrogens with zero attached hydrogens (tertiary/aromatic N) is 3. The fourth-order valence-electron chi connectivity index (χ4n) is 3.96. The molecule has 0 radical (unpaired) electrons. The molecule has 1 amide bonds. The number of fused-ring (bicyclic) bond motifs is 2. The quantitative estimate of drug-likeness (QED) is 0.841. The minimum absolute atomic E-state index is 0. The van der Waals surface area contributed by atoms with E-state index < -0.39 is 0 Å². The maximum atomic E-state index is 13.0. The van der Waals surface area contributed by atoms with E-state index in [1.54, 1.807) is 6.20 Å². The van der Waals surface area contributed by atoms with Crippen molar-refractivity contribution in [3.8, 4) is 0 Å². The second-order valence-electron chi connectivity index (χ2n) is 6.89. The molecule has 5 nitrogen and oxygen atoms in total. The topological polar surface area (TPSA) is 48.5 Å². The van der Waals surface area contributed by atoms with Crippen LogP contribution in [0, 0.1) is 0 Å². The Balaban J connectivity index is 0.00000131. The van der Waals surface area contributed by atoms with E-state index in [4.69, 9.17) is 0 Å². The summed E-state index contributed by atoms with van der Waals surface area (Å²) < 4.78 is 0. The maximum absolute atomic E-state index is 13.0. The summed E-state index contributed by atoms with van der Waals surface area (Å²) in [7, 11) is 1.99. The molecular weight excluding hydrogens is 383 g/mol. The zero-order chi connectivity index (χ0) is 17.2. The van der Waals surface area contributed by atoms with Crippen LogP contribution in [-0.2, 0) is 0 Å². The second-order valence-corrected chi connectivity index (χ2v) is 6.89. The number of halogens is 2. The third-order valence-corrected chi connectivity index (χ3v) is 5.37. The molecule has 3 heterocycles. The summed E-state index contributed by atoms with van der Waals surface area (Å²) in [5.41, 5.74) is 1.76. The van der Waals surface area contributed by atoms with Crippen molar-refractivity contribution < 1.29 is 4.79 Å². The molecule has 0 spiro atoms. The first-order valence-corrected chi connectivity index (χ1v) is 9.02. The van der Waals surface area contributed by atoms with Gasteiger partial charge in [0.2, 0.25) is 0 Å². The molecule has 0 aliphatic carbocycles. The number of amides is 1. The summed E-state index contributed by atoms with van der Waals surface area (Å²) in [6.45, 7) is 1.91. The van der Waals surface area contributed by atoms with Gasteiger partial charge in [-0.15, -0.1) is 24.8 Å². The van der Waals surface area contributed by atoms with Crippen LogP contribution < -0.4 is 10.2 Å². The Morgan fingerprint density at radius 1 is 1.07 bits per heavy atom. The van der Waals surface area contributed by atoms with Crippen molar-refractivity contribution in [1.29, 1.82) is 0 Å². The van der Waals surface area contributed by atoms with Crippen LogP contribution in [-0.4, -0.2) is 48.0 Å². The lowest BCUT2D eigenvalue weighted by Crippen LogP contribution is -2.42. The first-order valence-electron chi connectivity index (χ1n) is 9.02. The Labute approximate surface area is 173 Å². The highest BCUT2D eigenvalue weighted by molar-refractivity contribution is 5.94. The number of nitrogens with one attached hydrogen (secondary N) is 1. The van der Waals surface area contributed by atoms with Crippen molar-refractivity contribution in [3.05, 3.63) is 54.2 Å². The fourth-order valence-corrected chi connectivity index (χ4v) is 3.96. The molecule has 146 valence electrons. The molecule has 0 saturated carbocycles. The number of hydrogen-bond acceptors (Lipinski definition) is 4. The van der Waals surface area contributed by atoms with Gasteiger partial charge in [0.25, 0.3) is 5.91 Å². The smallest absolute Gasteiger partial charge is 0.255 e. The van der Waals surface area contributed by atoms with Crippen LogP contribution in [0.4, 0.5) is 11.5 Å². The van der Waals surface area contributed by atoms with Crippen LogP contribution in [0.1, 0.15) is 29.6 Å². The van der Waals surface area contributed by atoms with E-state index >= 15 is 0 Å². The highest BCUT2D eigenvalue weighted by Crippen LogP contribution is 2.30. The summed E-state index contributed by atoms with van der Waals surface area (Å²) in [5, 5.41) is 3.44. The minimum atomic E-state index is 0. The number of pyridine rings is 1. The first-order chi connectivity index (χ1) is 12.2. The monoisotopic (exact) mass is 408 g/mol. The van der Waals surface area contributed by atoms with E-state index in [2.05, 4.69) is 15.2 Å². The Bertz CT molecular complexity index is 727. The number of benzene rings is 1. The van der Waals surface area contributed by atoms with Gasteiger partial charge in [0, 0.05) is 37.6 Å². The SMILES string of the molecule is CN(c1ccccc1)c1ccc(C(=O)N2C3CCNCC2CC3)cn1.Cl.Cl. The number of para-hydroxylation sites is 1. The zero-order valence-electron chi connectivity index (χ0n) is 15.4. The van der Waals surface area contributed by atoms with Crippen molar-refractivity contribution in [2.45, 2.75) is 31.3 Å². The normalized spacial score (nSPS) is 20.9. The number of aromatic nitrogens is 1. The van der Waals surface area contributed by atoms with Crippen molar-refractivity contribution in [1.82, 2.24) is 15.2 Å². The number of anilines is 2. The number of rotatable bonds is 3. The third-order valence-electron chi connectivity index (χ3n) is 5.37. The molecule has 2 bridgehead atoms. The third kappa shape index (κ3) is 4.37. The molecular formula is C20H26Cl2N4O. The van der Waals surface area contributed by atoms with Gasteiger partial charge in [0.1, 0.15) is 5.82 Å². The Hall–Kier alpha value is -1.82. The van der Waals surface area contributed by atoms with E-state index in [0.717, 1.165) is 43.9 Å². The van der Waals surface area contributed by atoms with E-state index in [-0.39, 0.29) is 30.7 Å². The van der Waals surface area contributed by atoms with E-state index in [0.29, 0.717) is 17.6 Å². The Kier molecular flexibility index (Phi) is 7.48. The van der Waals surface area contributed by atoms with E-state index in [9.17, 15) is 4.79 Å². The minimum Gasteiger partial charge on any atom is -0.331 e. The predicted octanol–water partition coefficient (Wildman–Crippen LogP) is 3.66. The molecule has 2 unspecified atom stereocenters. The van der Waals surface area contributed by atoms with Gasteiger partial charge in [-0.1, -0.05) is 18.2 Å². The van der Waals surface area contributed by atoms with Crippen LogP contribution in [0.2, 0.25) is 0 Å². The lowest BCUT2D eigenvalue weighted by molar-refractivity contribution is 0.0680. The molecule has 2 fully saturated rings. The van der Waals surface area contributed by atoms with Crippen molar-refractivity contribution >= 4 is 42.2 Å². The zero-order valence-corrected chi connectivity index (χ0v) is 17.0. The fraction of sp³-hybridized carbons (Fsp3) is 0.400. The average molecular weight is 409 g/mol. The van der Waals surface area contributed by atoms with Gasteiger partial charge in [-0.25, -0.2) is 4.98 Å². The Morgan fingerprint density at radius 3 is 2.52 bits per heavy atom. The van der Waals surface area contributed by atoms with Crippen LogP contribution in [0.5, 0.6) is 0 Å². The standard InChI is InChI=1S/C20H24N4O.2ClH/c1-23(16-5-3-2-4-6-16)19-10-7-15(13-22-19)20(25)24-17-8-9-18(24)14-21-12-11-17;;/h2-7,10,13,17-18,21H,8-9,11-12,14H2,1H3;2*1H. The summed E-state index contributed by atoms with van der Waals surface area (Å²) >= 11 is 0. The number of carbonyl (C=O) groups is 1. The lowest BCUT2D eigenvalue weighted by atomic mass is 10.1. The van der Waals surface area contributed by atoms with Crippen LogP contribution >= 0.6 is 24.8 Å². The molecule has 27 heavy (non-hydrogen) atoms. The van der Waals surface area contributed by atoms with Gasteiger partial charge in [-0.2, -0.15) is 0 Å². The van der Waals surface area contributed by atoms with Crippen LogP contribution in [0.3, 0.4) is 0 Å². The summed E-state index contributed by atoms with van der Waals surface area (Å²) in [4.78, 5) is 21.7. The number of carbonyl (C=O) groups excluding carboxylic acids is 1. The molecule has 1 N–H and O–H groups in total. The van der Waals surface area contributed by atoms with Gasteiger partial charge >= 0.3 is 0 Å². The molecule has 1 aromatic heterocycles. The molecule has 2 atom stereocenters. The lowest BCUT2D eigenvalue weighted by Gasteiger charge is -2.28. The maximum Gasteiger partial charge on any atom is 0.255 e.